The second-order valence-corrected chi connectivity index (χ2v) is 8.10. The standard InChI is InChI=1S/C26H38N2O2/c1-3-5-7-8-9-10-11-13-14-22-16-18-23(19-17-22)26-27-20-24(21-28-26)30-25(29)15-12-6-4-2/h16-21H,3-15H2,1-2H3. The third kappa shape index (κ3) is 9.51. The third-order valence-electron chi connectivity index (χ3n) is 5.38. The van der Waals surface area contributed by atoms with Crippen molar-refractivity contribution in [2.75, 3.05) is 0 Å². The van der Waals surface area contributed by atoms with E-state index in [4.69, 9.17) is 4.74 Å². The van der Waals surface area contributed by atoms with Gasteiger partial charge in [-0.2, -0.15) is 0 Å². The zero-order valence-electron chi connectivity index (χ0n) is 18.9. The summed E-state index contributed by atoms with van der Waals surface area (Å²) < 4.78 is 5.30. The fourth-order valence-corrected chi connectivity index (χ4v) is 3.50. The molecule has 1 aromatic carbocycles. The van der Waals surface area contributed by atoms with Crippen molar-refractivity contribution in [3.05, 3.63) is 42.2 Å². The smallest absolute Gasteiger partial charge is 0.311 e. The van der Waals surface area contributed by atoms with E-state index < -0.39 is 0 Å². The van der Waals surface area contributed by atoms with E-state index in [-0.39, 0.29) is 5.97 Å². The lowest BCUT2D eigenvalue weighted by Gasteiger charge is -2.06. The van der Waals surface area contributed by atoms with Gasteiger partial charge in [-0.15, -0.1) is 0 Å². The van der Waals surface area contributed by atoms with E-state index in [2.05, 4.69) is 48.1 Å². The number of ether oxygens (including phenoxy) is 1. The molecule has 30 heavy (non-hydrogen) atoms. The number of benzene rings is 1. The van der Waals surface area contributed by atoms with Crippen molar-refractivity contribution in [3.63, 3.8) is 0 Å². The Morgan fingerprint density at radius 1 is 0.767 bits per heavy atom. The molecule has 164 valence electrons. The Morgan fingerprint density at radius 3 is 1.97 bits per heavy atom. The second kappa shape index (κ2) is 14.7. The van der Waals surface area contributed by atoms with E-state index in [9.17, 15) is 4.79 Å². The summed E-state index contributed by atoms with van der Waals surface area (Å²) in [4.78, 5) is 20.5. The average Bonchev–Trinajstić information content (AvgIpc) is 2.77. The van der Waals surface area contributed by atoms with Crippen molar-refractivity contribution in [1.82, 2.24) is 9.97 Å². The normalized spacial score (nSPS) is 10.9. The van der Waals surface area contributed by atoms with Gasteiger partial charge in [0.15, 0.2) is 11.6 Å². The lowest BCUT2D eigenvalue weighted by Crippen LogP contribution is -2.08. The van der Waals surface area contributed by atoms with Crippen LogP contribution in [0.1, 0.15) is 96.5 Å². The summed E-state index contributed by atoms with van der Waals surface area (Å²) in [6.07, 6.45) is 18.5. The van der Waals surface area contributed by atoms with Gasteiger partial charge in [-0.25, -0.2) is 9.97 Å². The third-order valence-corrected chi connectivity index (χ3v) is 5.38. The summed E-state index contributed by atoms with van der Waals surface area (Å²) in [7, 11) is 0. The Labute approximate surface area is 182 Å². The number of esters is 1. The lowest BCUT2D eigenvalue weighted by atomic mass is 10.0. The molecule has 0 atom stereocenters. The van der Waals surface area contributed by atoms with E-state index in [1.54, 1.807) is 12.4 Å². The second-order valence-electron chi connectivity index (χ2n) is 8.10. The van der Waals surface area contributed by atoms with Crippen molar-refractivity contribution in [2.24, 2.45) is 0 Å². The van der Waals surface area contributed by atoms with Crippen molar-refractivity contribution >= 4 is 5.97 Å². The van der Waals surface area contributed by atoms with Gasteiger partial charge in [0.25, 0.3) is 0 Å². The van der Waals surface area contributed by atoms with E-state index in [1.807, 2.05) is 0 Å². The molecule has 0 aliphatic carbocycles. The minimum absolute atomic E-state index is 0.217. The summed E-state index contributed by atoms with van der Waals surface area (Å²) in [6.45, 7) is 4.38. The summed E-state index contributed by atoms with van der Waals surface area (Å²) in [5, 5.41) is 0. The van der Waals surface area contributed by atoms with Crippen molar-refractivity contribution < 1.29 is 9.53 Å². The molecule has 0 amide bonds. The lowest BCUT2D eigenvalue weighted by molar-refractivity contribution is -0.134. The number of aryl methyl sites for hydroxylation is 1. The Bertz CT molecular complexity index is 711. The van der Waals surface area contributed by atoms with Gasteiger partial charge in [-0.05, 0) is 24.8 Å². The molecular weight excluding hydrogens is 372 g/mol. The number of unbranched alkanes of at least 4 members (excludes halogenated alkanes) is 9. The molecule has 0 fully saturated rings. The van der Waals surface area contributed by atoms with Crippen LogP contribution in [0.15, 0.2) is 36.7 Å². The van der Waals surface area contributed by atoms with E-state index >= 15 is 0 Å². The molecule has 0 radical (unpaired) electrons. The molecule has 2 rings (SSSR count). The van der Waals surface area contributed by atoms with Crippen molar-refractivity contribution in [3.8, 4) is 17.1 Å². The molecule has 4 heteroatoms. The van der Waals surface area contributed by atoms with Gasteiger partial charge in [0, 0.05) is 12.0 Å². The quantitative estimate of drug-likeness (QED) is 0.228. The largest absolute Gasteiger partial charge is 0.423 e. The molecule has 4 nitrogen and oxygen atoms in total. The maximum absolute atomic E-state index is 11.8. The van der Waals surface area contributed by atoms with E-state index in [0.29, 0.717) is 18.0 Å². The summed E-state index contributed by atoms with van der Waals surface area (Å²) in [5.74, 6) is 0.844. The fraction of sp³-hybridized carbons (Fsp3) is 0.577. The van der Waals surface area contributed by atoms with E-state index in [0.717, 1.165) is 31.2 Å². The highest BCUT2D eigenvalue weighted by atomic mass is 16.5. The van der Waals surface area contributed by atoms with Gasteiger partial charge >= 0.3 is 5.97 Å². The van der Waals surface area contributed by atoms with Crippen LogP contribution >= 0.6 is 0 Å². The molecule has 0 unspecified atom stereocenters. The van der Waals surface area contributed by atoms with Crippen molar-refractivity contribution in [2.45, 2.75) is 97.3 Å². The maximum Gasteiger partial charge on any atom is 0.311 e. The number of nitrogens with zero attached hydrogens (tertiary/aromatic N) is 2. The first kappa shape index (κ1) is 24.0. The van der Waals surface area contributed by atoms with Gasteiger partial charge in [-0.3, -0.25) is 4.79 Å². The first-order valence-corrected chi connectivity index (χ1v) is 11.8. The molecule has 0 bridgehead atoms. The van der Waals surface area contributed by atoms with Gasteiger partial charge in [0.1, 0.15) is 0 Å². The van der Waals surface area contributed by atoms with Gasteiger partial charge < -0.3 is 4.74 Å². The number of hydrogen-bond donors (Lipinski definition) is 0. The van der Waals surface area contributed by atoms with Gasteiger partial charge in [0.2, 0.25) is 0 Å². The van der Waals surface area contributed by atoms with Crippen LogP contribution in [0.2, 0.25) is 0 Å². The zero-order valence-corrected chi connectivity index (χ0v) is 18.9. The van der Waals surface area contributed by atoms with Gasteiger partial charge in [-0.1, -0.05) is 95.9 Å². The van der Waals surface area contributed by atoms with Crippen LogP contribution in [0.3, 0.4) is 0 Å². The first-order chi connectivity index (χ1) is 14.7. The number of carbonyl (C=O) groups excluding carboxylic acids is 1. The molecule has 0 spiro atoms. The highest BCUT2D eigenvalue weighted by molar-refractivity contribution is 5.72. The number of hydrogen-bond acceptors (Lipinski definition) is 4. The molecule has 0 saturated carbocycles. The number of carbonyl (C=O) groups is 1. The molecule has 0 aliphatic heterocycles. The zero-order chi connectivity index (χ0) is 21.4. The molecule has 0 N–H and O–H groups in total. The van der Waals surface area contributed by atoms with Crippen LogP contribution in [0, 0.1) is 0 Å². The highest BCUT2D eigenvalue weighted by Gasteiger charge is 2.07. The predicted octanol–water partition coefficient (Wildman–Crippen LogP) is 7.31. The molecule has 0 saturated heterocycles. The van der Waals surface area contributed by atoms with Gasteiger partial charge in [0.05, 0.1) is 12.4 Å². The van der Waals surface area contributed by atoms with Crippen LogP contribution in [-0.2, 0) is 11.2 Å². The van der Waals surface area contributed by atoms with Crippen LogP contribution in [-0.4, -0.2) is 15.9 Å². The number of aromatic nitrogens is 2. The summed E-state index contributed by atoms with van der Waals surface area (Å²) >= 11 is 0. The van der Waals surface area contributed by atoms with Crippen LogP contribution in [0.5, 0.6) is 5.75 Å². The molecular formula is C26H38N2O2. The molecule has 2 aromatic rings. The Morgan fingerprint density at radius 2 is 1.33 bits per heavy atom. The van der Waals surface area contributed by atoms with Crippen LogP contribution in [0.4, 0.5) is 0 Å². The van der Waals surface area contributed by atoms with Crippen molar-refractivity contribution in [1.29, 1.82) is 0 Å². The SMILES string of the molecule is CCCCCCCCCCc1ccc(-c2ncc(OC(=O)CCCCC)cn2)cc1. The predicted molar refractivity (Wildman–Crippen MR) is 124 cm³/mol. The summed E-state index contributed by atoms with van der Waals surface area (Å²) in [5.41, 5.74) is 2.35. The Hall–Kier alpha value is -2.23. The average molecular weight is 411 g/mol. The Balaban J connectivity index is 1.72. The van der Waals surface area contributed by atoms with E-state index in [1.165, 1.54) is 56.9 Å². The molecule has 1 aromatic heterocycles. The number of rotatable bonds is 15. The maximum atomic E-state index is 11.8. The Kier molecular flexibility index (Phi) is 11.8. The van der Waals surface area contributed by atoms with Crippen LogP contribution < -0.4 is 4.74 Å². The fourth-order valence-electron chi connectivity index (χ4n) is 3.50. The monoisotopic (exact) mass is 410 g/mol. The molecule has 0 aliphatic rings. The summed E-state index contributed by atoms with van der Waals surface area (Å²) in [6, 6.07) is 8.49. The minimum atomic E-state index is -0.217. The van der Waals surface area contributed by atoms with Crippen LogP contribution in [0.25, 0.3) is 11.4 Å². The highest BCUT2D eigenvalue weighted by Crippen LogP contribution is 2.19. The topological polar surface area (TPSA) is 52.1 Å². The first-order valence-electron chi connectivity index (χ1n) is 11.8. The molecule has 1 heterocycles. The minimum Gasteiger partial charge on any atom is -0.423 e.